The first-order valence-electron chi connectivity index (χ1n) is 7.54. The third-order valence-corrected chi connectivity index (χ3v) is 6.12. The molecule has 3 aromatic rings. The second kappa shape index (κ2) is 6.08. The lowest BCUT2D eigenvalue weighted by molar-refractivity contribution is 0.171. The van der Waals surface area contributed by atoms with Crippen LogP contribution in [0, 0.1) is 0 Å². The molecule has 1 aliphatic rings. The van der Waals surface area contributed by atoms with Gasteiger partial charge in [0.2, 0.25) is 4.80 Å². The average molecular weight is 377 g/mol. The predicted octanol–water partition coefficient (Wildman–Crippen LogP) is 1.81. The Kier molecular flexibility index (Phi) is 3.89. The van der Waals surface area contributed by atoms with Crippen LogP contribution >= 0.6 is 11.3 Å². The summed E-state index contributed by atoms with van der Waals surface area (Å²) in [6.45, 7) is 0.848. The summed E-state index contributed by atoms with van der Waals surface area (Å²) in [5.41, 5.74) is 0.991. The summed E-state index contributed by atoms with van der Waals surface area (Å²) in [6.07, 6.45) is 0. The van der Waals surface area contributed by atoms with Gasteiger partial charge in [-0.25, -0.2) is 0 Å². The Balaban J connectivity index is 1.68. The van der Waals surface area contributed by atoms with Crippen LogP contribution in [0.3, 0.4) is 0 Å². The molecule has 25 heavy (non-hydrogen) atoms. The van der Waals surface area contributed by atoms with E-state index in [1.54, 1.807) is 6.07 Å². The molecule has 0 saturated carbocycles. The lowest BCUT2D eigenvalue weighted by Gasteiger charge is -2.18. The van der Waals surface area contributed by atoms with Gasteiger partial charge in [-0.15, -0.1) is 5.10 Å². The number of nitrogens with zero attached hydrogens (tertiary/aromatic N) is 2. The maximum absolute atomic E-state index is 12.5. The zero-order valence-electron chi connectivity index (χ0n) is 13.3. The van der Waals surface area contributed by atoms with Crippen molar-refractivity contribution in [3.8, 4) is 11.5 Å². The van der Waals surface area contributed by atoms with Crippen LogP contribution in [0.4, 0.5) is 0 Å². The smallest absolute Gasteiger partial charge is 0.276 e. The molecule has 0 fully saturated rings. The molecule has 0 bridgehead atoms. The number of sulfonamides is 1. The van der Waals surface area contributed by atoms with E-state index >= 15 is 0 Å². The molecule has 1 N–H and O–H groups in total. The zero-order valence-corrected chi connectivity index (χ0v) is 14.9. The van der Waals surface area contributed by atoms with E-state index in [1.165, 1.54) is 23.5 Å². The molecule has 0 saturated heterocycles. The molecular weight excluding hydrogens is 362 g/mol. The number of hydrogen-bond acceptors (Lipinski definition) is 6. The summed E-state index contributed by atoms with van der Waals surface area (Å²) in [6, 6.07) is 12.3. The van der Waals surface area contributed by atoms with Gasteiger partial charge in [0.15, 0.2) is 11.5 Å². The van der Waals surface area contributed by atoms with E-state index in [0.29, 0.717) is 29.5 Å². The number of fused-ring (bicyclic) bond motifs is 2. The van der Waals surface area contributed by atoms with Gasteiger partial charge in [0.1, 0.15) is 13.2 Å². The molecule has 130 valence electrons. The quantitative estimate of drug-likeness (QED) is 0.706. The number of hydrogen-bond donors (Lipinski definition) is 1. The number of aryl methyl sites for hydroxylation is 1. The van der Waals surface area contributed by atoms with Gasteiger partial charge in [-0.1, -0.05) is 23.5 Å². The van der Waals surface area contributed by atoms with Gasteiger partial charge >= 0.3 is 0 Å². The highest BCUT2D eigenvalue weighted by molar-refractivity contribution is 7.89. The number of ether oxygens (including phenoxy) is 2. The summed E-state index contributed by atoms with van der Waals surface area (Å²) < 4.78 is 38.7. The number of benzene rings is 2. The minimum atomic E-state index is -3.81. The van der Waals surface area contributed by atoms with E-state index in [9.17, 15) is 8.42 Å². The molecule has 0 unspecified atom stereocenters. The zero-order chi connectivity index (χ0) is 17.4. The normalized spacial score (nSPS) is 14.7. The largest absolute Gasteiger partial charge is 0.486 e. The third-order valence-electron chi connectivity index (χ3n) is 3.80. The fourth-order valence-corrected chi connectivity index (χ4v) is 4.39. The van der Waals surface area contributed by atoms with E-state index < -0.39 is 10.0 Å². The molecule has 0 amide bonds. The summed E-state index contributed by atoms with van der Waals surface area (Å²) in [4.78, 5) is 2.92. The van der Waals surface area contributed by atoms with Crippen molar-refractivity contribution < 1.29 is 17.9 Å². The fourth-order valence-electron chi connectivity index (χ4n) is 2.53. The van der Waals surface area contributed by atoms with Crippen molar-refractivity contribution in [2.45, 2.75) is 4.90 Å². The van der Waals surface area contributed by atoms with Crippen LogP contribution in [0.1, 0.15) is 0 Å². The standard InChI is InChI=1S/C16H15N3O4S2/c1-19-12-4-2-3-5-15(12)24-16(19)17-18-25(20,21)11-6-7-13-14(10-11)23-9-8-22-13/h2-7,10,18H,8-9H2,1H3/b17-16+. The maximum atomic E-state index is 12.5. The van der Waals surface area contributed by atoms with Crippen molar-refractivity contribution in [3.63, 3.8) is 0 Å². The Morgan fingerprint density at radius 3 is 2.68 bits per heavy atom. The average Bonchev–Trinajstić information content (AvgIpc) is 2.96. The van der Waals surface area contributed by atoms with E-state index in [-0.39, 0.29) is 4.90 Å². The number of nitrogens with one attached hydrogen (secondary N) is 1. The first-order valence-corrected chi connectivity index (χ1v) is 9.84. The van der Waals surface area contributed by atoms with Crippen molar-refractivity contribution >= 4 is 31.6 Å². The van der Waals surface area contributed by atoms with Crippen molar-refractivity contribution in [3.05, 3.63) is 47.3 Å². The number of rotatable bonds is 3. The highest BCUT2D eigenvalue weighted by Gasteiger charge is 2.19. The predicted molar refractivity (Wildman–Crippen MR) is 94.1 cm³/mol. The molecule has 0 aliphatic carbocycles. The van der Waals surface area contributed by atoms with E-state index in [0.717, 1.165) is 10.2 Å². The van der Waals surface area contributed by atoms with Crippen molar-refractivity contribution in [1.29, 1.82) is 0 Å². The lowest BCUT2D eigenvalue weighted by atomic mass is 10.3. The Morgan fingerprint density at radius 1 is 1.12 bits per heavy atom. The SMILES string of the molecule is Cn1/c(=N\NS(=O)(=O)c2ccc3c(c2)OCCO3)sc2ccccc21. The molecule has 9 heteroatoms. The highest BCUT2D eigenvalue weighted by atomic mass is 32.2. The first-order chi connectivity index (χ1) is 12.0. The van der Waals surface area contributed by atoms with Crippen molar-refractivity contribution in [2.24, 2.45) is 12.1 Å². The highest BCUT2D eigenvalue weighted by Crippen LogP contribution is 2.32. The number of aromatic nitrogens is 1. The Bertz CT molecular complexity index is 1120. The topological polar surface area (TPSA) is 81.9 Å². The Morgan fingerprint density at radius 2 is 1.88 bits per heavy atom. The van der Waals surface area contributed by atoms with Gasteiger partial charge in [0.05, 0.1) is 15.1 Å². The molecule has 0 atom stereocenters. The maximum Gasteiger partial charge on any atom is 0.276 e. The second-order valence-corrected chi connectivity index (χ2v) is 8.09. The van der Waals surface area contributed by atoms with Gasteiger partial charge in [0, 0.05) is 13.1 Å². The van der Waals surface area contributed by atoms with Gasteiger partial charge in [-0.05, 0) is 24.3 Å². The van der Waals surface area contributed by atoms with Crippen LogP contribution in [0.15, 0.2) is 52.5 Å². The number of thiazole rings is 1. The third kappa shape index (κ3) is 2.96. The van der Waals surface area contributed by atoms with E-state index in [1.807, 2.05) is 35.9 Å². The molecule has 7 nitrogen and oxygen atoms in total. The van der Waals surface area contributed by atoms with Crippen molar-refractivity contribution in [2.75, 3.05) is 13.2 Å². The summed E-state index contributed by atoms with van der Waals surface area (Å²) in [7, 11) is -1.96. The lowest BCUT2D eigenvalue weighted by Crippen LogP contribution is -2.24. The molecule has 2 heterocycles. The molecule has 1 aromatic heterocycles. The van der Waals surface area contributed by atoms with Crippen LogP contribution in [-0.4, -0.2) is 26.2 Å². The molecular formula is C16H15N3O4S2. The van der Waals surface area contributed by atoms with Gasteiger partial charge < -0.3 is 14.0 Å². The summed E-state index contributed by atoms with van der Waals surface area (Å²) >= 11 is 1.41. The molecule has 0 spiro atoms. The summed E-state index contributed by atoms with van der Waals surface area (Å²) in [5.74, 6) is 0.958. The van der Waals surface area contributed by atoms with Crippen LogP contribution in [0.2, 0.25) is 0 Å². The molecule has 1 aliphatic heterocycles. The molecule has 2 aromatic carbocycles. The molecule has 0 radical (unpaired) electrons. The van der Waals surface area contributed by atoms with Crippen LogP contribution < -0.4 is 19.1 Å². The summed E-state index contributed by atoms with van der Waals surface area (Å²) in [5, 5.41) is 4.07. The van der Waals surface area contributed by atoms with Crippen LogP contribution in [0.25, 0.3) is 10.2 Å². The first kappa shape index (κ1) is 16.0. The van der Waals surface area contributed by atoms with Gasteiger partial charge in [0.25, 0.3) is 10.0 Å². The van der Waals surface area contributed by atoms with Crippen molar-refractivity contribution in [1.82, 2.24) is 9.40 Å². The fraction of sp³-hybridized carbons (Fsp3) is 0.188. The van der Waals surface area contributed by atoms with Gasteiger partial charge in [-0.2, -0.15) is 13.2 Å². The monoisotopic (exact) mass is 377 g/mol. The van der Waals surface area contributed by atoms with Crippen LogP contribution in [0.5, 0.6) is 11.5 Å². The van der Waals surface area contributed by atoms with Crippen LogP contribution in [-0.2, 0) is 17.1 Å². The Hall–Kier alpha value is -2.52. The Labute approximate surface area is 148 Å². The minimum absolute atomic E-state index is 0.0734. The van der Waals surface area contributed by atoms with E-state index in [2.05, 4.69) is 9.93 Å². The molecule has 4 rings (SSSR count). The number of para-hydroxylation sites is 1. The van der Waals surface area contributed by atoms with E-state index in [4.69, 9.17) is 9.47 Å². The van der Waals surface area contributed by atoms with Gasteiger partial charge in [-0.3, -0.25) is 0 Å². The minimum Gasteiger partial charge on any atom is -0.486 e. The second-order valence-electron chi connectivity index (χ2n) is 5.42.